The van der Waals surface area contributed by atoms with Crippen molar-refractivity contribution in [3.63, 3.8) is 0 Å². The van der Waals surface area contributed by atoms with Crippen LogP contribution in [-0.2, 0) is 17.8 Å². The first-order chi connectivity index (χ1) is 13.7. The molecule has 0 aliphatic carbocycles. The Hall–Kier alpha value is -3.37. The minimum absolute atomic E-state index is 0.0755. The molecule has 0 fully saturated rings. The number of aliphatic hydroxyl groups is 1. The van der Waals surface area contributed by atoms with Crippen molar-refractivity contribution in [2.24, 2.45) is 0 Å². The molecule has 0 atom stereocenters. The van der Waals surface area contributed by atoms with Gasteiger partial charge in [0.15, 0.2) is 0 Å². The van der Waals surface area contributed by atoms with Crippen molar-refractivity contribution in [2.75, 3.05) is 11.9 Å². The van der Waals surface area contributed by atoms with Gasteiger partial charge in [-0.2, -0.15) is 0 Å². The van der Waals surface area contributed by atoms with Gasteiger partial charge in [0.05, 0.1) is 0 Å². The lowest BCUT2D eigenvalue weighted by molar-refractivity contribution is -0.116. The Balaban J connectivity index is 1.61. The minimum atomic E-state index is -0.0755. The number of carbonyl (C=O) groups is 1. The summed E-state index contributed by atoms with van der Waals surface area (Å²) < 4.78 is 2.06. The van der Waals surface area contributed by atoms with Gasteiger partial charge in [-0.05, 0) is 41.8 Å². The average molecular weight is 370 g/mol. The zero-order valence-electron chi connectivity index (χ0n) is 15.5. The van der Waals surface area contributed by atoms with Crippen molar-refractivity contribution < 1.29 is 9.90 Å². The molecule has 4 nitrogen and oxygen atoms in total. The van der Waals surface area contributed by atoms with Crippen LogP contribution in [0.1, 0.15) is 5.56 Å². The lowest BCUT2D eigenvalue weighted by Gasteiger charge is -2.12. The number of anilines is 1. The van der Waals surface area contributed by atoms with Gasteiger partial charge in [-0.25, -0.2) is 0 Å². The summed E-state index contributed by atoms with van der Waals surface area (Å²) >= 11 is 0. The first kappa shape index (κ1) is 18.0. The molecule has 4 aromatic rings. The number of carbonyl (C=O) groups excluding carboxylic acids is 1. The Bertz CT molecular complexity index is 1080. The molecule has 0 saturated carbocycles. The number of benzene rings is 3. The highest BCUT2D eigenvalue weighted by Crippen LogP contribution is 2.28. The van der Waals surface area contributed by atoms with Gasteiger partial charge >= 0.3 is 0 Å². The second-order valence-electron chi connectivity index (χ2n) is 6.76. The van der Waals surface area contributed by atoms with Crippen molar-refractivity contribution in [1.29, 1.82) is 0 Å². The molecular formula is C24H22N2O2. The van der Waals surface area contributed by atoms with Gasteiger partial charge < -0.3 is 15.0 Å². The quantitative estimate of drug-likeness (QED) is 0.526. The summed E-state index contributed by atoms with van der Waals surface area (Å²) in [7, 11) is 0. The first-order valence-corrected chi connectivity index (χ1v) is 9.38. The number of aliphatic hydroxyl groups excluding tert-OH is 1. The Labute approximate surface area is 164 Å². The zero-order chi connectivity index (χ0) is 19.3. The van der Waals surface area contributed by atoms with Gasteiger partial charge in [-0.3, -0.25) is 4.79 Å². The molecule has 0 bridgehead atoms. The number of nitrogens with one attached hydrogen (secondary N) is 1. The molecule has 4 heteroatoms. The lowest BCUT2D eigenvalue weighted by atomic mass is 10.1. The number of aromatic nitrogens is 1. The molecule has 28 heavy (non-hydrogen) atoms. The van der Waals surface area contributed by atoms with E-state index < -0.39 is 0 Å². The fraction of sp³-hybridized carbons (Fsp3) is 0.125. The molecule has 1 aromatic heterocycles. The number of amides is 1. The fourth-order valence-corrected chi connectivity index (χ4v) is 3.46. The van der Waals surface area contributed by atoms with Crippen LogP contribution in [0.4, 0.5) is 5.69 Å². The Morgan fingerprint density at radius 1 is 0.893 bits per heavy atom. The molecule has 3 aromatic carbocycles. The van der Waals surface area contributed by atoms with Gasteiger partial charge in [-0.1, -0.05) is 60.7 Å². The van der Waals surface area contributed by atoms with Gasteiger partial charge in [-0.15, -0.1) is 0 Å². The predicted molar refractivity (Wildman–Crippen MR) is 113 cm³/mol. The third-order valence-electron chi connectivity index (χ3n) is 4.82. The number of hydrogen-bond donors (Lipinski definition) is 2. The summed E-state index contributed by atoms with van der Waals surface area (Å²) in [5.41, 5.74) is 4.94. The van der Waals surface area contributed by atoms with Gasteiger partial charge in [0, 0.05) is 28.9 Å². The molecule has 0 spiro atoms. The smallest absolute Gasteiger partial charge is 0.244 e. The molecule has 140 valence electrons. The van der Waals surface area contributed by atoms with Crippen LogP contribution in [0.5, 0.6) is 0 Å². The monoisotopic (exact) mass is 370 g/mol. The Kier molecular flexibility index (Phi) is 5.22. The van der Waals surface area contributed by atoms with E-state index in [2.05, 4.69) is 34.1 Å². The van der Waals surface area contributed by atoms with E-state index in [4.69, 9.17) is 5.11 Å². The number of nitrogens with zero attached hydrogens (tertiary/aromatic N) is 1. The van der Waals surface area contributed by atoms with E-state index in [1.165, 1.54) is 0 Å². The maximum absolute atomic E-state index is 12.7. The molecule has 0 unspecified atom stereocenters. The van der Waals surface area contributed by atoms with E-state index in [9.17, 15) is 4.79 Å². The number of hydrogen-bond acceptors (Lipinski definition) is 2. The van der Waals surface area contributed by atoms with Crippen LogP contribution in [0.25, 0.3) is 22.2 Å². The number of rotatable bonds is 6. The maximum Gasteiger partial charge on any atom is 0.244 e. The summed E-state index contributed by atoms with van der Waals surface area (Å²) in [6, 6.07) is 27.9. The van der Waals surface area contributed by atoms with E-state index in [0.29, 0.717) is 6.42 Å². The molecule has 0 radical (unpaired) electrons. The molecule has 2 N–H and O–H groups in total. The predicted octanol–water partition coefficient (Wildman–Crippen LogP) is 4.48. The van der Waals surface area contributed by atoms with Crippen LogP contribution in [-0.4, -0.2) is 22.2 Å². The zero-order valence-corrected chi connectivity index (χ0v) is 15.5. The normalized spacial score (nSPS) is 10.9. The van der Waals surface area contributed by atoms with Crippen molar-refractivity contribution in [3.05, 3.63) is 90.5 Å². The van der Waals surface area contributed by atoms with E-state index in [0.717, 1.165) is 33.4 Å². The Morgan fingerprint density at radius 3 is 2.36 bits per heavy atom. The molecule has 0 aliphatic heterocycles. The summed E-state index contributed by atoms with van der Waals surface area (Å²) in [5.74, 6) is -0.0755. The summed E-state index contributed by atoms with van der Waals surface area (Å²) in [6.07, 6.45) is 0.615. The van der Waals surface area contributed by atoms with Crippen LogP contribution >= 0.6 is 0 Å². The molecule has 1 heterocycles. The largest absolute Gasteiger partial charge is 0.396 e. The molecule has 0 aliphatic rings. The summed E-state index contributed by atoms with van der Waals surface area (Å²) in [5, 5.41) is 13.1. The van der Waals surface area contributed by atoms with Crippen molar-refractivity contribution in [2.45, 2.75) is 13.0 Å². The highest BCUT2D eigenvalue weighted by Gasteiger charge is 2.13. The lowest BCUT2D eigenvalue weighted by Crippen LogP contribution is -2.19. The van der Waals surface area contributed by atoms with Crippen LogP contribution in [0.2, 0.25) is 0 Å². The highest BCUT2D eigenvalue weighted by atomic mass is 16.3. The molecule has 1 amide bonds. The first-order valence-electron chi connectivity index (χ1n) is 9.38. The van der Waals surface area contributed by atoms with Crippen LogP contribution in [0.3, 0.4) is 0 Å². The molecule has 0 saturated heterocycles. The summed E-state index contributed by atoms with van der Waals surface area (Å²) in [6.45, 7) is 0.352. The topological polar surface area (TPSA) is 54.3 Å². The molecular weight excluding hydrogens is 348 g/mol. The second kappa shape index (κ2) is 8.11. The van der Waals surface area contributed by atoms with Gasteiger partial charge in [0.1, 0.15) is 6.54 Å². The van der Waals surface area contributed by atoms with Crippen LogP contribution in [0, 0.1) is 0 Å². The minimum Gasteiger partial charge on any atom is -0.396 e. The van der Waals surface area contributed by atoms with E-state index in [1.54, 1.807) is 0 Å². The third kappa shape index (κ3) is 3.82. The average Bonchev–Trinajstić information content (AvgIpc) is 3.09. The fourth-order valence-electron chi connectivity index (χ4n) is 3.46. The SMILES string of the molecule is O=C(Cn1c(-c2ccccc2)cc2ccccc21)Nc1ccc(CCO)cc1. The molecule has 4 rings (SSSR count). The Morgan fingerprint density at radius 2 is 1.61 bits per heavy atom. The standard InChI is InChI=1S/C24H22N2O2/c27-15-14-18-10-12-21(13-11-18)25-24(28)17-26-22-9-5-4-8-20(22)16-23(26)19-6-2-1-3-7-19/h1-13,16,27H,14-15,17H2,(H,25,28). The second-order valence-corrected chi connectivity index (χ2v) is 6.76. The van der Waals surface area contributed by atoms with Crippen molar-refractivity contribution >= 4 is 22.5 Å². The highest BCUT2D eigenvalue weighted by molar-refractivity contribution is 5.94. The van der Waals surface area contributed by atoms with E-state index in [-0.39, 0.29) is 19.1 Å². The van der Waals surface area contributed by atoms with Crippen LogP contribution < -0.4 is 5.32 Å². The van der Waals surface area contributed by atoms with Crippen LogP contribution in [0.15, 0.2) is 84.9 Å². The number of fused-ring (bicyclic) bond motifs is 1. The van der Waals surface area contributed by atoms with Crippen molar-refractivity contribution in [1.82, 2.24) is 4.57 Å². The van der Waals surface area contributed by atoms with Gasteiger partial charge in [0.2, 0.25) is 5.91 Å². The number of para-hydroxylation sites is 1. The van der Waals surface area contributed by atoms with Crippen molar-refractivity contribution in [3.8, 4) is 11.3 Å². The summed E-state index contributed by atoms with van der Waals surface area (Å²) in [4.78, 5) is 12.7. The van der Waals surface area contributed by atoms with E-state index >= 15 is 0 Å². The van der Waals surface area contributed by atoms with Gasteiger partial charge in [0.25, 0.3) is 0 Å². The maximum atomic E-state index is 12.7. The van der Waals surface area contributed by atoms with E-state index in [1.807, 2.05) is 60.7 Å². The third-order valence-corrected chi connectivity index (χ3v) is 4.82.